The van der Waals surface area contributed by atoms with Crippen molar-refractivity contribution in [3.63, 3.8) is 0 Å². The molecule has 0 aromatic rings. The van der Waals surface area contributed by atoms with Crippen LogP contribution in [0.25, 0.3) is 0 Å². The number of hydrogen-bond donors (Lipinski definition) is 2. The number of hydrogen-bond acceptors (Lipinski definition) is 3. The van der Waals surface area contributed by atoms with Gasteiger partial charge in [0.05, 0.1) is 6.07 Å². The van der Waals surface area contributed by atoms with E-state index in [0.29, 0.717) is 25.9 Å². The molecule has 1 rings (SSSR count). The fraction of sp³-hybridized carbons (Fsp3) is 0.818. The van der Waals surface area contributed by atoms with Gasteiger partial charge in [-0.15, -0.1) is 0 Å². The Morgan fingerprint density at radius 1 is 1.53 bits per heavy atom. The van der Waals surface area contributed by atoms with Crippen LogP contribution >= 0.6 is 0 Å². The van der Waals surface area contributed by atoms with Crippen molar-refractivity contribution < 1.29 is 4.79 Å². The van der Waals surface area contributed by atoms with E-state index in [4.69, 9.17) is 5.26 Å². The van der Waals surface area contributed by atoms with Crippen molar-refractivity contribution in [2.75, 3.05) is 19.6 Å². The summed E-state index contributed by atoms with van der Waals surface area (Å²) in [4.78, 5) is 11.1. The lowest BCUT2D eigenvalue weighted by atomic mass is 10.0. The van der Waals surface area contributed by atoms with Crippen LogP contribution in [0.2, 0.25) is 0 Å². The summed E-state index contributed by atoms with van der Waals surface area (Å²) in [7, 11) is 0. The van der Waals surface area contributed by atoms with Crippen molar-refractivity contribution in [1.82, 2.24) is 10.6 Å². The Bertz CT molecular complexity index is 253. The summed E-state index contributed by atoms with van der Waals surface area (Å²) in [6.07, 6.45) is 3.46. The molecule has 0 heterocycles. The van der Waals surface area contributed by atoms with Crippen molar-refractivity contribution in [3.05, 3.63) is 0 Å². The van der Waals surface area contributed by atoms with E-state index in [1.165, 1.54) is 0 Å². The second-order valence-corrected chi connectivity index (χ2v) is 4.22. The molecule has 1 amide bonds. The molecule has 4 heteroatoms. The SMILES string of the molecule is CCNC(=O)CCNCC1(CC#N)CC1. The molecule has 1 aliphatic carbocycles. The van der Waals surface area contributed by atoms with Crippen LogP contribution in [0, 0.1) is 16.7 Å². The lowest BCUT2D eigenvalue weighted by molar-refractivity contribution is -0.120. The first-order valence-electron chi connectivity index (χ1n) is 5.57. The smallest absolute Gasteiger partial charge is 0.221 e. The molecule has 0 aliphatic heterocycles. The van der Waals surface area contributed by atoms with Gasteiger partial charge in [0, 0.05) is 32.5 Å². The highest BCUT2D eigenvalue weighted by atomic mass is 16.1. The van der Waals surface area contributed by atoms with Gasteiger partial charge in [0.15, 0.2) is 0 Å². The molecule has 0 saturated heterocycles. The number of nitrogens with one attached hydrogen (secondary N) is 2. The van der Waals surface area contributed by atoms with Gasteiger partial charge in [0.2, 0.25) is 5.91 Å². The zero-order valence-electron chi connectivity index (χ0n) is 9.31. The van der Waals surface area contributed by atoms with Crippen LogP contribution in [-0.2, 0) is 4.79 Å². The maximum Gasteiger partial charge on any atom is 0.221 e. The standard InChI is InChI=1S/C11H19N3O/c1-2-14-10(15)3-8-13-9-11(4-5-11)6-7-12/h13H,2-6,8-9H2,1H3,(H,14,15). The number of carbonyl (C=O) groups excluding carboxylic acids is 1. The molecule has 0 unspecified atom stereocenters. The van der Waals surface area contributed by atoms with Gasteiger partial charge < -0.3 is 10.6 Å². The van der Waals surface area contributed by atoms with Crippen LogP contribution in [0.4, 0.5) is 0 Å². The maximum atomic E-state index is 11.1. The van der Waals surface area contributed by atoms with E-state index in [9.17, 15) is 4.79 Å². The lowest BCUT2D eigenvalue weighted by Gasteiger charge is -2.11. The third kappa shape index (κ3) is 4.30. The fourth-order valence-electron chi connectivity index (χ4n) is 1.60. The topological polar surface area (TPSA) is 64.9 Å². The summed E-state index contributed by atoms with van der Waals surface area (Å²) in [5.74, 6) is 0.0927. The fourth-order valence-corrected chi connectivity index (χ4v) is 1.60. The molecular weight excluding hydrogens is 190 g/mol. The third-order valence-electron chi connectivity index (χ3n) is 2.81. The Balaban J connectivity index is 2.02. The van der Waals surface area contributed by atoms with Crippen LogP contribution in [-0.4, -0.2) is 25.5 Å². The van der Waals surface area contributed by atoms with Gasteiger partial charge in [-0.3, -0.25) is 4.79 Å². The normalized spacial score (nSPS) is 16.8. The molecule has 1 saturated carbocycles. The van der Waals surface area contributed by atoms with E-state index >= 15 is 0 Å². The van der Waals surface area contributed by atoms with E-state index in [1.54, 1.807) is 0 Å². The molecule has 2 N–H and O–H groups in total. The first-order chi connectivity index (χ1) is 7.22. The first-order valence-corrected chi connectivity index (χ1v) is 5.57. The van der Waals surface area contributed by atoms with Gasteiger partial charge in [-0.25, -0.2) is 0 Å². The molecule has 4 nitrogen and oxygen atoms in total. The summed E-state index contributed by atoms with van der Waals surface area (Å²) in [5.41, 5.74) is 0.232. The Kier molecular flexibility index (Phi) is 4.57. The van der Waals surface area contributed by atoms with E-state index in [-0.39, 0.29) is 11.3 Å². The molecule has 1 fully saturated rings. The van der Waals surface area contributed by atoms with Crippen LogP contribution in [0.1, 0.15) is 32.6 Å². The highest BCUT2D eigenvalue weighted by Crippen LogP contribution is 2.47. The monoisotopic (exact) mass is 209 g/mol. The van der Waals surface area contributed by atoms with Crippen LogP contribution < -0.4 is 10.6 Å². The summed E-state index contributed by atoms with van der Waals surface area (Å²) >= 11 is 0. The van der Waals surface area contributed by atoms with Gasteiger partial charge in [-0.05, 0) is 25.2 Å². The van der Waals surface area contributed by atoms with E-state index in [2.05, 4.69) is 16.7 Å². The van der Waals surface area contributed by atoms with Gasteiger partial charge >= 0.3 is 0 Å². The van der Waals surface area contributed by atoms with Gasteiger partial charge in [0.1, 0.15) is 0 Å². The van der Waals surface area contributed by atoms with E-state index in [1.807, 2.05) is 6.92 Å². The minimum atomic E-state index is 0.0927. The second-order valence-electron chi connectivity index (χ2n) is 4.22. The molecule has 0 bridgehead atoms. The van der Waals surface area contributed by atoms with E-state index < -0.39 is 0 Å². The largest absolute Gasteiger partial charge is 0.356 e. The van der Waals surface area contributed by atoms with Crippen molar-refractivity contribution in [2.24, 2.45) is 5.41 Å². The number of amides is 1. The molecule has 0 aromatic heterocycles. The summed E-state index contributed by atoms with van der Waals surface area (Å²) in [5, 5.41) is 14.6. The molecule has 0 atom stereocenters. The van der Waals surface area contributed by atoms with Crippen LogP contribution in [0.5, 0.6) is 0 Å². The number of nitriles is 1. The van der Waals surface area contributed by atoms with Crippen molar-refractivity contribution >= 4 is 5.91 Å². The first kappa shape index (κ1) is 12.0. The Morgan fingerprint density at radius 2 is 2.27 bits per heavy atom. The number of nitrogens with zero attached hydrogens (tertiary/aromatic N) is 1. The molecular formula is C11H19N3O. The Morgan fingerprint density at radius 3 is 2.80 bits per heavy atom. The Labute approximate surface area is 91.0 Å². The third-order valence-corrected chi connectivity index (χ3v) is 2.81. The average Bonchev–Trinajstić information content (AvgIpc) is 2.95. The molecule has 84 valence electrons. The van der Waals surface area contributed by atoms with Gasteiger partial charge in [-0.1, -0.05) is 0 Å². The van der Waals surface area contributed by atoms with E-state index in [0.717, 1.165) is 19.4 Å². The van der Waals surface area contributed by atoms with Crippen molar-refractivity contribution in [3.8, 4) is 6.07 Å². The highest BCUT2D eigenvalue weighted by Gasteiger charge is 2.41. The number of carbonyl (C=O) groups is 1. The van der Waals surface area contributed by atoms with Crippen molar-refractivity contribution in [1.29, 1.82) is 5.26 Å². The second kappa shape index (κ2) is 5.72. The summed E-state index contributed by atoms with van der Waals surface area (Å²) < 4.78 is 0. The zero-order chi connectivity index (χ0) is 11.1. The minimum absolute atomic E-state index is 0.0927. The predicted molar refractivity (Wildman–Crippen MR) is 58.1 cm³/mol. The Hall–Kier alpha value is -1.08. The van der Waals surface area contributed by atoms with Crippen LogP contribution in [0.3, 0.4) is 0 Å². The predicted octanol–water partition coefficient (Wildman–Crippen LogP) is 0.796. The minimum Gasteiger partial charge on any atom is -0.356 e. The molecule has 0 radical (unpaired) electrons. The molecule has 0 aromatic carbocycles. The van der Waals surface area contributed by atoms with Gasteiger partial charge in [-0.2, -0.15) is 5.26 Å². The lowest BCUT2D eigenvalue weighted by Crippen LogP contribution is -2.30. The highest BCUT2D eigenvalue weighted by molar-refractivity contribution is 5.75. The quantitative estimate of drug-likeness (QED) is 0.609. The van der Waals surface area contributed by atoms with Crippen molar-refractivity contribution in [2.45, 2.75) is 32.6 Å². The summed E-state index contributed by atoms with van der Waals surface area (Å²) in [6.45, 7) is 4.19. The summed E-state index contributed by atoms with van der Waals surface area (Å²) in [6, 6.07) is 2.22. The number of rotatable bonds is 7. The maximum absolute atomic E-state index is 11.1. The van der Waals surface area contributed by atoms with Gasteiger partial charge in [0.25, 0.3) is 0 Å². The molecule has 15 heavy (non-hydrogen) atoms. The van der Waals surface area contributed by atoms with Crippen LogP contribution in [0.15, 0.2) is 0 Å². The molecule has 0 spiro atoms. The average molecular weight is 209 g/mol. The molecule has 1 aliphatic rings. The zero-order valence-corrected chi connectivity index (χ0v) is 9.31.